The van der Waals surface area contributed by atoms with Crippen molar-refractivity contribution < 1.29 is 0 Å². The first-order chi connectivity index (χ1) is 7.41. The molecule has 0 saturated carbocycles. The van der Waals surface area contributed by atoms with E-state index in [9.17, 15) is 0 Å². The molecule has 0 aliphatic heterocycles. The molecule has 1 aliphatic carbocycles. The summed E-state index contributed by atoms with van der Waals surface area (Å²) < 4.78 is 0. The molecule has 0 spiro atoms. The van der Waals surface area contributed by atoms with E-state index in [1.807, 2.05) is 0 Å². The summed E-state index contributed by atoms with van der Waals surface area (Å²) in [4.78, 5) is 2.27. The van der Waals surface area contributed by atoms with Crippen LogP contribution >= 0.6 is 0 Å². The Labute approximate surface area is 101 Å². The predicted molar refractivity (Wildman–Crippen MR) is 72.5 cm³/mol. The van der Waals surface area contributed by atoms with Crippen LogP contribution in [0.2, 0.25) is 0 Å². The highest BCUT2D eigenvalue weighted by molar-refractivity contribution is 5.35. The lowest BCUT2D eigenvalue weighted by Gasteiger charge is -2.39. The molecule has 1 rings (SSSR count). The van der Waals surface area contributed by atoms with Crippen LogP contribution in [0, 0.1) is 17.3 Å². The van der Waals surface area contributed by atoms with E-state index in [0.29, 0.717) is 17.3 Å². The van der Waals surface area contributed by atoms with Crippen molar-refractivity contribution in [1.82, 2.24) is 4.90 Å². The van der Waals surface area contributed by atoms with Gasteiger partial charge in [-0.05, 0) is 32.4 Å². The standard InChI is InChI=1S/C15H27N/c1-12(2)15(13(3)4)10-7-8-14(15)9-11-16(5)6/h7-8,10,12-13H,9,11H2,1-6H3. The van der Waals surface area contributed by atoms with E-state index in [-0.39, 0.29) is 0 Å². The zero-order valence-electron chi connectivity index (χ0n) is 11.7. The van der Waals surface area contributed by atoms with Crippen molar-refractivity contribution in [3.05, 3.63) is 23.8 Å². The molecule has 0 saturated heterocycles. The van der Waals surface area contributed by atoms with Crippen molar-refractivity contribution in [3.8, 4) is 0 Å². The van der Waals surface area contributed by atoms with Crippen molar-refractivity contribution in [2.45, 2.75) is 34.1 Å². The Morgan fingerprint density at radius 3 is 2.12 bits per heavy atom. The van der Waals surface area contributed by atoms with Gasteiger partial charge in [-0.2, -0.15) is 0 Å². The predicted octanol–water partition coefficient (Wildman–Crippen LogP) is 3.73. The lowest BCUT2D eigenvalue weighted by Crippen LogP contribution is -2.33. The van der Waals surface area contributed by atoms with Crippen molar-refractivity contribution >= 4 is 0 Å². The van der Waals surface area contributed by atoms with Gasteiger partial charge in [-0.15, -0.1) is 0 Å². The minimum Gasteiger partial charge on any atom is -0.309 e. The van der Waals surface area contributed by atoms with E-state index >= 15 is 0 Å². The molecule has 0 unspecified atom stereocenters. The topological polar surface area (TPSA) is 3.24 Å². The first-order valence-electron chi connectivity index (χ1n) is 6.44. The fourth-order valence-electron chi connectivity index (χ4n) is 3.01. The van der Waals surface area contributed by atoms with E-state index in [2.05, 4.69) is 64.9 Å². The molecule has 0 radical (unpaired) electrons. The zero-order valence-corrected chi connectivity index (χ0v) is 11.7. The van der Waals surface area contributed by atoms with Gasteiger partial charge in [0.15, 0.2) is 0 Å². The maximum absolute atomic E-state index is 2.42. The third-order valence-electron chi connectivity index (χ3n) is 3.96. The number of nitrogens with zero attached hydrogens (tertiary/aromatic N) is 1. The minimum absolute atomic E-state index is 0.302. The van der Waals surface area contributed by atoms with Crippen LogP contribution in [0.5, 0.6) is 0 Å². The van der Waals surface area contributed by atoms with Crippen molar-refractivity contribution in [2.24, 2.45) is 17.3 Å². The van der Waals surface area contributed by atoms with Crippen LogP contribution in [0.15, 0.2) is 23.8 Å². The maximum Gasteiger partial charge on any atom is 0.0143 e. The normalized spacial score (nSPS) is 18.9. The Kier molecular flexibility index (Phi) is 4.37. The molecule has 1 nitrogen and oxygen atoms in total. The van der Waals surface area contributed by atoms with Gasteiger partial charge >= 0.3 is 0 Å². The van der Waals surface area contributed by atoms with Gasteiger partial charge in [-0.3, -0.25) is 0 Å². The molecule has 1 heteroatoms. The average Bonchev–Trinajstić information content (AvgIpc) is 2.58. The van der Waals surface area contributed by atoms with Gasteiger partial charge in [0.2, 0.25) is 0 Å². The van der Waals surface area contributed by atoms with Crippen LogP contribution in [0.3, 0.4) is 0 Å². The quantitative estimate of drug-likeness (QED) is 0.683. The summed E-state index contributed by atoms with van der Waals surface area (Å²) >= 11 is 0. The van der Waals surface area contributed by atoms with Crippen molar-refractivity contribution in [3.63, 3.8) is 0 Å². The van der Waals surface area contributed by atoms with Gasteiger partial charge in [-0.25, -0.2) is 0 Å². The van der Waals surface area contributed by atoms with Crippen molar-refractivity contribution in [2.75, 3.05) is 20.6 Å². The second-order valence-corrected chi connectivity index (χ2v) is 5.85. The third kappa shape index (κ3) is 2.40. The summed E-state index contributed by atoms with van der Waals surface area (Å²) in [5.41, 5.74) is 1.92. The van der Waals surface area contributed by atoms with Crippen LogP contribution in [0.25, 0.3) is 0 Å². The highest BCUT2D eigenvalue weighted by Crippen LogP contribution is 2.48. The number of hydrogen-bond acceptors (Lipinski definition) is 1. The summed E-state index contributed by atoms with van der Waals surface area (Å²) in [5, 5.41) is 0. The highest BCUT2D eigenvalue weighted by Gasteiger charge is 2.39. The molecule has 92 valence electrons. The molecular formula is C15H27N. The fourth-order valence-corrected chi connectivity index (χ4v) is 3.01. The van der Waals surface area contributed by atoms with Crippen LogP contribution in [0.4, 0.5) is 0 Å². The smallest absolute Gasteiger partial charge is 0.0143 e. The largest absolute Gasteiger partial charge is 0.309 e. The van der Waals surface area contributed by atoms with Gasteiger partial charge in [0, 0.05) is 12.0 Å². The Morgan fingerprint density at radius 2 is 1.69 bits per heavy atom. The number of rotatable bonds is 5. The van der Waals surface area contributed by atoms with Gasteiger partial charge < -0.3 is 4.90 Å². The Morgan fingerprint density at radius 1 is 1.12 bits per heavy atom. The van der Waals surface area contributed by atoms with E-state index in [0.717, 1.165) is 6.54 Å². The second kappa shape index (κ2) is 5.18. The Hall–Kier alpha value is -0.560. The van der Waals surface area contributed by atoms with Crippen LogP contribution in [-0.2, 0) is 0 Å². The van der Waals surface area contributed by atoms with Crippen LogP contribution in [0.1, 0.15) is 34.1 Å². The maximum atomic E-state index is 2.42. The molecule has 16 heavy (non-hydrogen) atoms. The Balaban J connectivity index is 2.85. The second-order valence-electron chi connectivity index (χ2n) is 5.85. The molecule has 0 atom stereocenters. The molecule has 0 bridgehead atoms. The highest BCUT2D eigenvalue weighted by atomic mass is 15.0. The summed E-state index contributed by atoms with van der Waals surface area (Å²) in [7, 11) is 4.30. The molecule has 0 amide bonds. The van der Waals surface area contributed by atoms with Gasteiger partial charge in [-0.1, -0.05) is 51.5 Å². The lowest BCUT2D eigenvalue weighted by molar-refractivity contribution is 0.223. The summed E-state index contributed by atoms with van der Waals surface area (Å²) in [6.45, 7) is 10.5. The first-order valence-corrected chi connectivity index (χ1v) is 6.44. The molecule has 1 aliphatic rings. The monoisotopic (exact) mass is 221 g/mol. The molecule has 0 aromatic rings. The van der Waals surface area contributed by atoms with Gasteiger partial charge in [0.05, 0.1) is 0 Å². The lowest BCUT2D eigenvalue weighted by atomic mass is 9.65. The Bertz CT molecular complexity index is 274. The van der Waals surface area contributed by atoms with E-state index in [4.69, 9.17) is 0 Å². The van der Waals surface area contributed by atoms with Gasteiger partial charge in [0.1, 0.15) is 0 Å². The van der Waals surface area contributed by atoms with E-state index in [1.165, 1.54) is 6.42 Å². The van der Waals surface area contributed by atoms with Crippen LogP contribution < -0.4 is 0 Å². The molecule has 0 aromatic heterocycles. The van der Waals surface area contributed by atoms with E-state index < -0.39 is 0 Å². The zero-order chi connectivity index (χ0) is 12.3. The minimum atomic E-state index is 0.302. The first kappa shape index (κ1) is 13.5. The fraction of sp³-hybridized carbons (Fsp3) is 0.733. The summed E-state index contributed by atoms with van der Waals surface area (Å²) in [6, 6.07) is 0. The van der Waals surface area contributed by atoms with E-state index in [1.54, 1.807) is 5.57 Å². The molecule has 0 heterocycles. The third-order valence-corrected chi connectivity index (χ3v) is 3.96. The van der Waals surface area contributed by atoms with Crippen molar-refractivity contribution in [1.29, 1.82) is 0 Å². The molecule has 0 fully saturated rings. The van der Waals surface area contributed by atoms with Crippen LogP contribution in [-0.4, -0.2) is 25.5 Å². The molecule has 0 N–H and O–H groups in total. The molecular weight excluding hydrogens is 194 g/mol. The molecule has 0 aromatic carbocycles. The SMILES string of the molecule is CC(C)C1(C(C)C)C=CC=C1CCN(C)C. The average molecular weight is 221 g/mol. The summed E-state index contributed by atoms with van der Waals surface area (Å²) in [5.74, 6) is 1.36. The van der Waals surface area contributed by atoms with Gasteiger partial charge in [0.25, 0.3) is 0 Å². The summed E-state index contributed by atoms with van der Waals surface area (Å²) in [6.07, 6.45) is 8.21. The number of hydrogen-bond donors (Lipinski definition) is 0. The number of allylic oxidation sites excluding steroid dienone is 3.